The predicted molar refractivity (Wildman–Crippen MR) is 87.1 cm³/mol. The van der Waals surface area contributed by atoms with E-state index >= 15 is 0 Å². The molecule has 24 heavy (non-hydrogen) atoms. The van der Waals surface area contributed by atoms with Gasteiger partial charge in [0.05, 0.1) is 12.0 Å². The van der Waals surface area contributed by atoms with E-state index < -0.39 is 23.2 Å². The Balaban J connectivity index is 1.99. The van der Waals surface area contributed by atoms with Crippen molar-refractivity contribution in [2.75, 3.05) is 19.8 Å². The van der Waals surface area contributed by atoms with E-state index in [1.54, 1.807) is 0 Å². The number of hydrogen-bond donors (Lipinski definition) is 2. The molecule has 1 aliphatic heterocycles. The van der Waals surface area contributed by atoms with Gasteiger partial charge in [-0.1, -0.05) is 29.8 Å². The molecule has 1 heterocycles. The molecule has 0 saturated carbocycles. The second kappa shape index (κ2) is 7.93. The molecule has 0 spiro atoms. The van der Waals surface area contributed by atoms with Crippen LogP contribution in [-0.4, -0.2) is 36.7 Å². The zero-order valence-electron chi connectivity index (χ0n) is 13.7. The first-order chi connectivity index (χ1) is 11.5. The lowest BCUT2D eigenvalue weighted by molar-refractivity contribution is -0.142. The first-order valence-electron chi connectivity index (χ1n) is 8.02. The van der Waals surface area contributed by atoms with Crippen molar-refractivity contribution in [3.63, 3.8) is 0 Å². The highest BCUT2D eigenvalue weighted by Crippen LogP contribution is 2.29. The second-order valence-electron chi connectivity index (χ2n) is 6.24. The smallest absolute Gasteiger partial charge is 0.308 e. The van der Waals surface area contributed by atoms with Crippen LogP contribution in [0.15, 0.2) is 24.3 Å². The van der Waals surface area contributed by atoms with Gasteiger partial charge in [-0.25, -0.2) is 0 Å². The number of nitrogens with one attached hydrogen (secondary N) is 1. The Morgan fingerprint density at radius 2 is 2.12 bits per heavy atom. The van der Waals surface area contributed by atoms with Crippen LogP contribution in [-0.2, 0) is 20.7 Å². The van der Waals surface area contributed by atoms with Crippen LogP contribution < -0.4 is 5.32 Å². The minimum absolute atomic E-state index is 0.00634. The molecule has 6 nitrogen and oxygen atoms in total. The summed E-state index contributed by atoms with van der Waals surface area (Å²) >= 11 is 0. The fraction of sp³-hybridized carbons (Fsp3) is 0.500. The minimum atomic E-state index is -1.11. The van der Waals surface area contributed by atoms with Gasteiger partial charge < -0.3 is 15.2 Å². The molecule has 1 aliphatic rings. The van der Waals surface area contributed by atoms with Crippen molar-refractivity contribution in [2.24, 2.45) is 11.3 Å². The van der Waals surface area contributed by atoms with Crippen molar-refractivity contribution in [3.05, 3.63) is 35.4 Å². The third-order valence-electron chi connectivity index (χ3n) is 4.42. The molecule has 2 rings (SSSR count). The van der Waals surface area contributed by atoms with E-state index in [4.69, 9.17) is 4.74 Å². The Bertz CT molecular complexity index is 645. The molecule has 1 atom stereocenters. The zero-order valence-corrected chi connectivity index (χ0v) is 13.7. The van der Waals surface area contributed by atoms with E-state index in [0.717, 1.165) is 11.1 Å². The number of rotatable bonds is 6. The van der Waals surface area contributed by atoms with Gasteiger partial charge >= 0.3 is 5.97 Å². The van der Waals surface area contributed by atoms with Crippen molar-refractivity contribution in [3.8, 4) is 6.07 Å². The lowest BCUT2D eigenvalue weighted by Crippen LogP contribution is -2.46. The maximum atomic E-state index is 12.4. The molecule has 1 aromatic carbocycles. The number of aryl methyl sites for hydroxylation is 1. The van der Waals surface area contributed by atoms with Crippen LogP contribution >= 0.6 is 0 Å². The zero-order chi connectivity index (χ0) is 17.6. The van der Waals surface area contributed by atoms with E-state index in [9.17, 15) is 20.0 Å². The number of nitrogens with zero attached hydrogens (tertiary/aromatic N) is 1. The number of hydrogen-bond acceptors (Lipinski definition) is 4. The van der Waals surface area contributed by atoms with Gasteiger partial charge in [0.2, 0.25) is 5.91 Å². The maximum absolute atomic E-state index is 12.4. The largest absolute Gasteiger partial charge is 0.481 e. The lowest BCUT2D eigenvalue weighted by Gasteiger charge is -2.29. The van der Waals surface area contributed by atoms with Crippen LogP contribution in [0.2, 0.25) is 0 Å². The highest BCUT2D eigenvalue weighted by atomic mass is 16.5. The number of carboxylic acid groups (broad SMARTS) is 1. The van der Waals surface area contributed by atoms with Crippen molar-refractivity contribution in [2.45, 2.75) is 26.2 Å². The number of ether oxygens (including phenoxy) is 1. The normalized spacial score (nSPS) is 17.5. The van der Waals surface area contributed by atoms with E-state index in [2.05, 4.69) is 11.4 Å². The van der Waals surface area contributed by atoms with Gasteiger partial charge in [0, 0.05) is 19.8 Å². The molecule has 6 heteroatoms. The summed E-state index contributed by atoms with van der Waals surface area (Å²) in [7, 11) is 0. The molecule has 1 aromatic rings. The monoisotopic (exact) mass is 330 g/mol. The highest BCUT2D eigenvalue weighted by Gasteiger charge is 2.40. The van der Waals surface area contributed by atoms with Crippen molar-refractivity contribution in [1.82, 2.24) is 5.32 Å². The third kappa shape index (κ3) is 4.33. The average Bonchev–Trinajstić information content (AvgIpc) is 2.58. The summed E-state index contributed by atoms with van der Waals surface area (Å²) in [5.41, 5.74) is 0.869. The Labute approximate surface area is 141 Å². The van der Waals surface area contributed by atoms with E-state index in [1.807, 2.05) is 31.2 Å². The Morgan fingerprint density at radius 1 is 1.42 bits per heavy atom. The topological polar surface area (TPSA) is 99.4 Å². The molecule has 1 fully saturated rings. The van der Waals surface area contributed by atoms with Gasteiger partial charge in [-0.05, 0) is 31.7 Å². The number of carboxylic acids is 1. The summed E-state index contributed by atoms with van der Waals surface area (Å²) in [5.74, 6) is -2.09. The molecule has 128 valence electrons. The second-order valence-corrected chi connectivity index (χ2v) is 6.24. The van der Waals surface area contributed by atoms with Crippen LogP contribution in [0.3, 0.4) is 0 Å². The number of benzene rings is 1. The Hall–Kier alpha value is -2.39. The number of carbonyl (C=O) groups excluding carboxylic acids is 1. The molecular weight excluding hydrogens is 308 g/mol. The van der Waals surface area contributed by atoms with Gasteiger partial charge in [0.15, 0.2) is 0 Å². The molecule has 0 bridgehead atoms. The highest BCUT2D eigenvalue weighted by molar-refractivity contribution is 5.86. The summed E-state index contributed by atoms with van der Waals surface area (Å²) in [5, 5.41) is 21.4. The van der Waals surface area contributed by atoms with Crippen LogP contribution in [0, 0.1) is 29.6 Å². The van der Waals surface area contributed by atoms with Crippen LogP contribution in [0.25, 0.3) is 0 Å². The van der Waals surface area contributed by atoms with E-state index in [1.165, 1.54) is 0 Å². The molecule has 0 unspecified atom stereocenters. The van der Waals surface area contributed by atoms with Gasteiger partial charge in [0.25, 0.3) is 0 Å². The number of nitriles is 1. The molecule has 0 aliphatic carbocycles. The van der Waals surface area contributed by atoms with Crippen molar-refractivity contribution < 1.29 is 19.4 Å². The fourth-order valence-electron chi connectivity index (χ4n) is 2.87. The summed E-state index contributed by atoms with van der Waals surface area (Å²) in [6, 6.07) is 9.73. The fourth-order valence-corrected chi connectivity index (χ4v) is 2.87. The minimum Gasteiger partial charge on any atom is -0.481 e. The molecular formula is C18H22N2O4. The Morgan fingerprint density at radius 3 is 2.71 bits per heavy atom. The SMILES string of the molecule is Cc1cccc(C[C@@H](CNC(=O)C2(C#N)CCOCC2)C(=O)O)c1. The van der Waals surface area contributed by atoms with Crippen molar-refractivity contribution >= 4 is 11.9 Å². The average molecular weight is 330 g/mol. The maximum Gasteiger partial charge on any atom is 0.308 e. The molecule has 0 radical (unpaired) electrons. The van der Waals surface area contributed by atoms with Gasteiger partial charge in [-0.3, -0.25) is 9.59 Å². The standard InChI is InChI=1S/C18H22N2O4/c1-13-3-2-4-14(9-13)10-15(16(21)22)11-20-17(23)18(12-19)5-7-24-8-6-18/h2-4,9,15H,5-8,10-11H2,1H3,(H,20,23)(H,21,22)/t15-/m0/s1. The Kier molecular flexibility index (Phi) is 5.93. The molecule has 0 aromatic heterocycles. The van der Waals surface area contributed by atoms with Gasteiger partial charge in [-0.2, -0.15) is 5.26 Å². The number of carbonyl (C=O) groups is 2. The lowest BCUT2D eigenvalue weighted by atomic mass is 9.80. The van der Waals surface area contributed by atoms with Crippen LogP contribution in [0.5, 0.6) is 0 Å². The summed E-state index contributed by atoms with van der Waals surface area (Å²) in [6.45, 7) is 2.69. The van der Waals surface area contributed by atoms with Crippen LogP contribution in [0.1, 0.15) is 24.0 Å². The van der Waals surface area contributed by atoms with Crippen molar-refractivity contribution in [1.29, 1.82) is 5.26 Å². The predicted octanol–water partition coefficient (Wildman–Crippen LogP) is 1.67. The first kappa shape index (κ1) is 18.0. The third-order valence-corrected chi connectivity index (χ3v) is 4.42. The molecule has 1 saturated heterocycles. The first-order valence-corrected chi connectivity index (χ1v) is 8.02. The number of amides is 1. The molecule has 2 N–H and O–H groups in total. The summed E-state index contributed by atoms with van der Waals surface area (Å²) in [6.07, 6.45) is 1.01. The quantitative estimate of drug-likeness (QED) is 0.826. The van der Waals surface area contributed by atoms with Gasteiger partial charge in [-0.15, -0.1) is 0 Å². The number of aliphatic carboxylic acids is 1. The summed E-state index contributed by atoms with van der Waals surface area (Å²) in [4.78, 5) is 23.9. The summed E-state index contributed by atoms with van der Waals surface area (Å²) < 4.78 is 5.21. The van der Waals surface area contributed by atoms with E-state index in [-0.39, 0.29) is 6.54 Å². The van der Waals surface area contributed by atoms with Crippen LogP contribution in [0.4, 0.5) is 0 Å². The van der Waals surface area contributed by atoms with Gasteiger partial charge in [0.1, 0.15) is 5.41 Å². The molecule has 1 amide bonds. The van der Waals surface area contributed by atoms with E-state index in [0.29, 0.717) is 32.5 Å².